The summed E-state index contributed by atoms with van der Waals surface area (Å²) < 4.78 is 16.0. The maximum Gasteiger partial charge on any atom is 0.241 e. The number of benzene rings is 1. The number of rotatable bonds is 4. The van der Waals surface area contributed by atoms with Gasteiger partial charge in [0.05, 0.1) is 13.2 Å². The topological polar surface area (TPSA) is 80.9 Å². The van der Waals surface area contributed by atoms with Gasteiger partial charge in [-0.15, -0.1) is 0 Å². The summed E-state index contributed by atoms with van der Waals surface area (Å²) >= 11 is 0. The van der Waals surface area contributed by atoms with Crippen molar-refractivity contribution in [1.29, 1.82) is 0 Å². The summed E-state index contributed by atoms with van der Waals surface area (Å²) in [4.78, 5) is 6.62. The van der Waals surface area contributed by atoms with Crippen LogP contribution in [0.3, 0.4) is 0 Å². The maximum absolute atomic E-state index is 9.35. The van der Waals surface area contributed by atoms with Crippen LogP contribution in [0.1, 0.15) is 18.7 Å². The van der Waals surface area contributed by atoms with Crippen molar-refractivity contribution in [3.8, 4) is 22.9 Å². The zero-order valence-corrected chi connectivity index (χ0v) is 12.1. The molecule has 2 aliphatic rings. The van der Waals surface area contributed by atoms with Crippen LogP contribution in [0.2, 0.25) is 0 Å². The molecule has 7 nitrogen and oxygen atoms in total. The van der Waals surface area contributed by atoms with Gasteiger partial charge in [0.25, 0.3) is 0 Å². The lowest BCUT2D eigenvalue weighted by Gasteiger charge is -2.20. The van der Waals surface area contributed by atoms with Crippen LogP contribution in [0.15, 0.2) is 22.7 Å². The molecule has 116 valence electrons. The highest BCUT2D eigenvalue weighted by atomic mass is 16.7. The molecule has 1 saturated heterocycles. The van der Waals surface area contributed by atoms with E-state index >= 15 is 0 Å². The third-order valence-corrected chi connectivity index (χ3v) is 4.15. The Labute approximate surface area is 127 Å². The van der Waals surface area contributed by atoms with E-state index in [9.17, 15) is 5.11 Å². The fourth-order valence-corrected chi connectivity index (χ4v) is 2.96. The molecule has 1 aromatic heterocycles. The fourth-order valence-electron chi connectivity index (χ4n) is 2.96. The quantitative estimate of drug-likeness (QED) is 0.914. The van der Waals surface area contributed by atoms with Crippen molar-refractivity contribution in [1.82, 2.24) is 15.0 Å². The van der Waals surface area contributed by atoms with Gasteiger partial charge < -0.3 is 19.1 Å². The number of nitrogens with zero attached hydrogens (tertiary/aromatic N) is 3. The summed E-state index contributed by atoms with van der Waals surface area (Å²) in [7, 11) is 0. The minimum Gasteiger partial charge on any atom is -0.454 e. The molecule has 1 N–H and O–H groups in total. The molecule has 0 bridgehead atoms. The van der Waals surface area contributed by atoms with Gasteiger partial charge in [-0.3, -0.25) is 4.90 Å². The number of ether oxygens (including phenoxy) is 2. The molecule has 7 heteroatoms. The molecule has 0 aliphatic carbocycles. The summed E-state index contributed by atoms with van der Waals surface area (Å²) in [6, 6.07) is 5.77. The monoisotopic (exact) mass is 303 g/mol. The van der Waals surface area contributed by atoms with Crippen molar-refractivity contribution in [2.45, 2.75) is 25.4 Å². The number of aliphatic hydroxyl groups is 1. The first kappa shape index (κ1) is 13.5. The molecule has 0 amide bonds. The number of aromatic nitrogens is 2. The smallest absolute Gasteiger partial charge is 0.241 e. The zero-order chi connectivity index (χ0) is 14.9. The lowest BCUT2D eigenvalue weighted by Crippen LogP contribution is -2.31. The van der Waals surface area contributed by atoms with Crippen LogP contribution < -0.4 is 9.47 Å². The average molecular weight is 303 g/mol. The largest absolute Gasteiger partial charge is 0.454 e. The lowest BCUT2D eigenvalue weighted by atomic mass is 10.2. The van der Waals surface area contributed by atoms with Gasteiger partial charge in [-0.1, -0.05) is 5.16 Å². The standard InChI is InChI=1S/C15H17N3O4/c19-8-11-2-1-5-18(11)7-14-16-15(17-22-14)10-3-4-12-13(6-10)21-9-20-12/h3-4,6,11,19H,1-2,5,7-9H2. The van der Waals surface area contributed by atoms with E-state index in [1.807, 2.05) is 18.2 Å². The van der Waals surface area contributed by atoms with Crippen molar-refractivity contribution in [3.63, 3.8) is 0 Å². The van der Waals surface area contributed by atoms with E-state index in [-0.39, 0.29) is 19.4 Å². The second-order valence-corrected chi connectivity index (χ2v) is 5.53. The highest BCUT2D eigenvalue weighted by Crippen LogP contribution is 2.35. The number of hydrogen-bond donors (Lipinski definition) is 1. The number of aliphatic hydroxyl groups excluding tert-OH is 1. The molecule has 22 heavy (non-hydrogen) atoms. The van der Waals surface area contributed by atoms with Gasteiger partial charge in [-0.05, 0) is 37.6 Å². The number of hydrogen-bond acceptors (Lipinski definition) is 7. The molecule has 1 atom stereocenters. The van der Waals surface area contributed by atoms with Crippen molar-refractivity contribution >= 4 is 0 Å². The molecule has 4 rings (SSSR count). The second kappa shape index (κ2) is 5.58. The van der Waals surface area contributed by atoms with Gasteiger partial charge in [-0.25, -0.2) is 0 Å². The minimum absolute atomic E-state index is 0.170. The third-order valence-electron chi connectivity index (χ3n) is 4.15. The Bertz CT molecular complexity index is 673. The number of fused-ring (bicyclic) bond motifs is 1. The van der Waals surface area contributed by atoms with E-state index in [1.54, 1.807) is 0 Å². The van der Waals surface area contributed by atoms with Gasteiger partial charge >= 0.3 is 0 Å². The first-order valence-corrected chi connectivity index (χ1v) is 7.41. The molecule has 0 saturated carbocycles. The van der Waals surface area contributed by atoms with Gasteiger partial charge in [0, 0.05) is 11.6 Å². The predicted octanol–water partition coefficient (Wildman–Crippen LogP) is 1.42. The minimum atomic E-state index is 0.170. The van der Waals surface area contributed by atoms with E-state index < -0.39 is 0 Å². The Morgan fingerprint density at radius 1 is 1.27 bits per heavy atom. The Balaban J connectivity index is 1.51. The third kappa shape index (κ3) is 2.42. The Morgan fingerprint density at radius 3 is 3.09 bits per heavy atom. The highest BCUT2D eigenvalue weighted by Gasteiger charge is 2.25. The molecule has 3 heterocycles. The van der Waals surface area contributed by atoms with Crippen molar-refractivity contribution in [2.75, 3.05) is 19.9 Å². The molecule has 0 radical (unpaired) electrons. The molecule has 0 spiro atoms. The van der Waals surface area contributed by atoms with Crippen LogP contribution in [0, 0.1) is 0 Å². The summed E-state index contributed by atoms with van der Waals surface area (Å²) in [5.74, 6) is 2.53. The van der Waals surface area contributed by atoms with E-state index in [4.69, 9.17) is 14.0 Å². The Morgan fingerprint density at radius 2 is 2.18 bits per heavy atom. The van der Waals surface area contributed by atoms with Crippen LogP contribution in [0.25, 0.3) is 11.4 Å². The predicted molar refractivity (Wildman–Crippen MR) is 76.4 cm³/mol. The van der Waals surface area contributed by atoms with E-state index in [0.717, 1.165) is 30.7 Å². The molecule has 1 unspecified atom stereocenters. The Kier molecular flexibility index (Phi) is 3.44. The van der Waals surface area contributed by atoms with Crippen LogP contribution in [0.4, 0.5) is 0 Å². The summed E-state index contributed by atoms with van der Waals surface area (Å²) in [6.45, 7) is 1.94. The van der Waals surface area contributed by atoms with Crippen LogP contribution in [-0.2, 0) is 6.54 Å². The van der Waals surface area contributed by atoms with Crippen molar-refractivity contribution in [2.24, 2.45) is 0 Å². The van der Waals surface area contributed by atoms with Crippen LogP contribution in [0.5, 0.6) is 11.5 Å². The summed E-state index contributed by atoms with van der Waals surface area (Å²) in [5, 5.41) is 13.4. The van der Waals surface area contributed by atoms with Gasteiger partial charge in [0.1, 0.15) is 0 Å². The van der Waals surface area contributed by atoms with E-state index in [1.165, 1.54) is 0 Å². The summed E-state index contributed by atoms with van der Waals surface area (Å²) in [5.41, 5.74) is 0.833. The van der Waals surface area contributed by atoms with E-state index in [0.29, 0.717) is 24.0 Å². The molecular formula is C15H17N3O4. The van der Waals surface area contributed by atoms with Crippen LogP contribution in [-0.4, -0.2) is 46.1 Å². The molecule has 1 aromatic carbocycles. The number of likely N-dealkylation sites (tertiary alicyclic amines) is 1. The molecular weight excluding hydrogens is 286 g/mol. The highest BCUT2D eigenvalue weighted by molar-refractivity contribution is 5.61. The first-order valence-electron chi connectivity index (χ1n) is 7.41. The molecule has 2 aromatic rings. The molecule has 2 aliphatic heterocycles. The average Bonchev–Trinajstić information content (AvgIpc) is 3.27. The Hall–Kier alpha value is -2.12. The molecule has 1 fully saturated rings. The maximum atomic E-state index is 9.35. The normalized spacial score (nSPS) is 20.7. The van der Waals surface area contributed by atoms with Crippen LogP contribution >= 0.6 is 0 Å². The van der Waals surface area contributed by atoms with Gasteiger partial charge in [0.2, 0.25) is 18.5 Å². The zero-order valence-electron chi connectivity index (χ0n) is 12.1. The van der Waals surface area contributed by atoms with Crippen molar-refractivity contribution in [3.05, 3.63) is 24.1 Å². The fraction of sp³-hybridized carbons (Fsp3) is 0.467. The first-order chi connectivity index (χ1) is 10.8. The van der Waals surface area contributed by atoms with Gasteiger partial charge in [-0.2, -0.15) is 4.98 Å². The van der Waals surface area contributed by atoms with E-state index in [2.05, 4.69) is 15.0 Å². The van der Waals surface area contributed by atoms with Crippen molar-refractivity contribution < 1.29 is 19.1 Å². The SMILES string of the molecule is OCC1CCCN1Cc1nc(-c2ccc3c(c2)OCO3)no1. The second-order valence-electron chi connectivity index (χ2n) is 5.53. The summed E-state index contributed by atoms with van der Waals surface area (Å²) in [6.07, 6.45) is 2.11. The lowest BCUT2D eigenvalue weighted by molar-refractivity contribution is 0.141. The van der Waals surface area contributed by atoms with Gasteiger partial charge in [0.15, 0.2) is 11.5 Å².